The third-order valence-corrected chi connectivity index (χ3v) is 3.84. The maximum atomic E-state index is 12.2. The molecule has 0 amide bonds. The molecule has 0 aliphatic rings. The van der Waals surface area contributed by atoms with Gasteiger partial charge in [0, 0.05) is 18.4 Å². The molecule has 1 heterocycles. The van der Waals surface area contributed by atoms with E-state index in [4.69, 9.17) is 20.8 Å². The van der Waals surface area contributed by atoms with Gasteiger partial charge in [-0.1, -0.05) is 18.2 Å². The molecular formula is C18H15ClO3. The Morgan fingerprint density at radius 3 is 2.45 bits per heavy atom. The van der Waals surface area contributed by atoms with E-state index in [0.717, 1.165) is 16.9 Å². The average molecular weight is 315 g/mol. The van der Waals surface area contributed by atoms with Crippen LogP contribution in [0.1, 0.15) is 16.9 Å². The molecule has 0 radical (unpaired) electrons. The molecule has 0 spiro atoms. The minimum absolute atomic E-state index is 0.0362. The van der Waals surface area contributed by atoms with E-state index in [2.05, 4.69) is 0 Å². The van der Waals surface area contributed by atoms with Gasteiger partial charge < -0.3 is 9.15 Å². The number of halogens is 1. The molecule has 22 heavy (non-hydrogen) atoms. The number of benzene rings is 2. The second kappa shape index (κ2) is 6.24. The van der Waals surface area contributed by atoms with Crippen molar-refractivity contribution in [2.75, 3.05) is 7.11 Å². The van der Waals surface area contributed by atoms with Gasteiger partial charge in [0.2, 0.25) is 0 Å². The molecule has 0 fully saturated rings. The van der Waals surface area contributed by atoms with Crippen LogP contribution in [0.15, 0.2) is 57.7 Å². The molecule has 4 heteroatoms. The molecule has 0 unspecified atom stereocenters. The summed E-state index contributed by atoms with van der Waals surface area (Å²) in [5.74, 6) is 1.83. The van der Waals surface area contributed by atoms with Crippen LogP contribution in [0.25, 0.3) is 11.0 Å². The lowest BCUT2D eigenvalue weighted by Crippen LogP contribution is -2.03. The van der Waals surface area contributed by atoms with E-state index in [1.54, 1.807) is 19.2 Å². The first kappa shape index (κ1) is 14.7. The van der Waals surface area contributed by atoms with Crippen molar-refractivity contribution in [3.8, 4) is 5.75 Å². The fourth-order valence-corrected chi connectivity index (χ4v) is 2.53. The number of hydrogen-bond donors (Lipinski definition) is 0. The Balaban J connectivity index is 1.97. The number of rotatable bonds is 4. The summed E-state index contributed by atoms with van der Waals surface area (Å²) in [5, 5.41) is 0.576. The zero-order valence-electron chi connectivity index (χ0n) is 12.1. The highest BCUT2D eigenvalue weighted by Gasteiger charge is 2.07. The summed E-state index contributed by atoms with van der Waals surface area (Å²) < 4.78 is 11.0. The normalized spacial score (nSPS) is 10.8. The van der Waals surface area contributed by atoms with E-state index in [-0.39, 0.29) is 5.43 Å². The fourth-order valence-electron chi connectivity index (χ4n) is 2.36. The Morgan fingerprint density at radius 2 is 1.77 bits per heavy atom. The van der Waals surface area contributed by atoms with Gasteiger partial charge in [0.15, 0.2) is 5.43 Å². The molecule has 3 aromatic rings. The lowest BCUT2D eigenvalue weighted by Gasteiger charge is -2.05. The maximum absolute atomic E-state index is 12.2. The Morgan fingerprint density at radius 1 is 1.05 bits per heavy atom. The van der Waals surface area contributed by atoms with Crippen molar-refractivity contribution in [2.45, 2.75) is 12.3 Å². The monoisotopic (exact) mass is 314 g/mol. The molecule has 2 aromatic carbocycles. The molecule has 0 bridgehead atoms. The Bertz CT molecular complexity index is 850. The van der Waals surface area contributed by atoms with Gasteiger partial charge >= 0.3 is 0 Å². The first-order valence-corrected chi connectivity index (χ1v) is 7.47. The van der Waals surface area contributed by atoms with Crippen LogP contribution in [0.3, 0.4) is 0 Å². The highest BCUT2D eigenvalue weighted by atomic mass is 35.5. The van der Waals surface area contributed by atoms with Crippen molar-refractivity contribution in [1.29, 1.82) is 0 Å². The third kappa shape index (κ3) is 3.00. The SMILES string of the molecule is COc1ccc(Cc2cc(=O)c3ccc(CCl)cc3o2)cc1. The van der Waals surface area contributed by atoms with Crippen molar-refractivity contribution >= 4 is 22.6 Å². The minimum Gasteiger partial charge on any atom is -0.497 e. The van der Waals surface area contributed by atoms with E-state index in [0.29, 0.717) is 29.0 Å². The van der Waals surface area contributed by atoms with E-state index in [9.17, 15) is 4.79 Å². The molecule has 0 atom stereocenters. The Hall–Kier alpha value is -2.26. The molecule has 1 aromatic heterocycles. The molecule has 112 valence electrons. The van der Waals surface area contributed by atoms with Crippen molar-refractivity contribution in [2.24, 2.45) is 0 Å². The Labute approximate surface area is 133 Å². The maximum Gasteiger partial charge on any atom is 0.192 e. The number of ether oxygens (including phenoxy) is 1. The first-order valence-electron chi connectivity index (χ1n) is 6.94. The zero-order chi connectivity index (χ0) is 15.5. The Kier molecular flexibility index (Phi) is 4.16. The molecule has 0 N–H and O–H groups in total. The predicted molar refractivity (Wildman–Crippen MR) is 87.8 cm³/mol. The smallest absolute Gasteiger partial charge is 0.192 e. The topological polar surface area (TPSA) is 39.4 Å². The minimum atomic E-state index is -0.0362. The number of alkyl halides is 1. The van der Waals surface area contributed by atoms with Crippen LogP contribution < -0.4 is 10.2 Å². The molecule has 0 saturated carbocycles. The van der Waals surface area contributed by atoms with E-state index >= 15 is 0 Å². The molecule has 0 saturated heterocycles. The van der Waals surface area contributed by atoms with Crippen molar-refractivity contribution in [3.63, 3.8) is 0 Å². The van der Waals surface area contributed by atoms with Gasteiger partial charge in [-0.15, -0.1) is 11.6 Å². The van der Waals surface area contributed by atoms with Gasteiger partial charge in [-0.3, -0.25) is 4.79 Å². The van der Waals surface area contributed by atoms with Gasteiger partial charge in [0.25, 0.3) is 0 Å². The summed E-state index contributed by atoms with van der Waals surface area (Å²) in [6, 6.07) is 14.7. The van der Waals surface area contributed by atoms with Crippen LogP contribution in [-0.2, 0) is 12.3 Å². The van der Waals surface area contributed by atoms with Gasteiger partial charge in [0.1, 0.15) is 17.1 Å². The third-order valence-electron chi connectivity index (χ3n) is 3.54. The van der Waals surface area contributed by atoms with Crippen molar-refractivity contribution < 1.29 is 9.15 Å². The van der Waals surface area contributed by atoms with E-state index in [1.807, 2.05) is 36.4 Å². The quantitative estimate of drug-likeness (QED) is 0.680. The van der Waals surface area contributed by atoms with Gasteiger partial charge in [-0.2, -0.15) is 0 Å². The largest absolute Gasteiger partial charge is 0.497 e. The van der Waals surface area contributed by atoms with Crippen LogP contribution in [-0.4, -0.2) is 7.11 Å². The second-order valence-corrected chi connectivity index (χ2v) is 5.33. The molecule has 0 aliphatic heterocycles. The van der Waals surface area contributed by atoms with Crippen LogP contribution in [0.5, 0.6) is 5.75 Å². The van der Waals surface area contributed by atoms with Gasteiger partial charge in [-0.25, -0.2) is 0 Å². The van der Waals surface area contributed by atoms with Crippen LogP contribution in [0.4, 0.5) is 0 Å². The van der Waals surface area contributed by atoms with E-state index < -0.39 is 0 Å². The van der Waals surface area contributed by atoms with Crippen LogP contribution >= 0.6 is 11.6 Å². The van der Waals surface area contributed by atoms with E-state index in [1.165, 1.54) is 0 Å². The van der Waals surface area contributed by atoms with Crippen LogP contribution in [0.2, 0.25) is 0 Å². The first-order chi connectivity index (χ1) is 10.7. The van der Waals surface area contributed by atoms with Crippen molar-refractivity contribution in [1.82, 2.24) is 0 Å². The fraction of sp³-hybridized carbons (Fsp3) is 0.167. The average Bonchev–Trinajstić information content (AvgIpc) is 2.55. The standard InChI is InChI=1S/C18H15ClO3/c1-21-14-5-2-12(3-6-14)8-15-10-17(20)16-7-4-13(11-19)9-18(16)22-15/h2-7,9-10H,8,11H2,1H3. The molecule has 3 nitrogen and oxygen atoms in total. The molecular weight excluding hydrogens is 300 g/mol. The zero-order valence-corrected chi connectivity index (χ0v) is 12.9. The highest BCUT2D eigenvalue weighted by Crippen LogP contribution is 2.19. The summed E-state index contributed by atoms with van der Waals surface area (Å²) in [7, 11) is 1.63. The highest BCUT2D eigenvalue weighted by molar-refractivity contribution is 6.17. The second-order valence-electron chi connectivity index (χ2n) is 5.07. The lowest BCUT2D eigenvalue weighted by atomic mass is 10.1. The predicted octanol–water partition coefficient (Wildman–Crippen LogP) is 4.13. The summed E-state index contributed by atoms with van der Waals surface area (Å²) in [6.45, 7) is 0. The van der Waals surface area contributed by atoms with Gasteiger partial charge in [-0.05, 0) is 35.4 Å². The molecule has 0 aliphatic carbocycles. The summed E-state index contributed by atoms with van der Waals surface area (Å²) >= 11 is 5.83. The molecule has 3 rings (SSSR count). The number of methoxy groups -OCH3 is 1. The lowest BCUT2D eigenvalue weighted by molar-refractivity contribution is 0.414. The van der Waals surface area contributed by atoms with Crippen molar-refractivity contribution in [3.05, 3.63) is 75.6 Å². The number of fused-ring (bicyclic) bond motifs is 1. The number of hydrogen-bond acceptors (Lipinski definition) is 3. The summed E-state index contributed by atoms with van der Waals surface area (Å²) in [5.41, 5.74) is 2.52. The van der Waals surface area contributed by atoms with Gasteiger partial charge in [0.05, 0.1) is 12.5 Å². The summed E-state index contributed by atoms with van der Waals surface area (Å²) in [4.78, 5) is 12.2. The van der Waals surface area contributed by atoms with Crippen LogP contribution in [0, 0.1) is 0 Å². The summed E-state index contributed by atoms with van der Waals surface area (Å²) in [6.07, 6.45) is 0.556.